The molecule has 3 fully saturated rings. The van der Waals surface area contributed by atoms with Crippen molar-refractivity contribution in [2.45, 2.75) is 76.9 Å². The van der Waals surface area contributed by atoms with Gasteiger partial charge in [-0.1, -0.05) is 12.5 Å². The van der Waals surface area contributed by atoms with Crippen LogP contribution in [0.1, 0.15) is 65.2 Å². The number of phosphoric ester groups is 1. The quantitative estimate of drug-likeness (QED) is 0.114. The fourth-order valence-corrected chi connectivity index (χ4v) is 8.23. The Labute approximate surface area is 249 Å². The molecule has 0 heterocycles. The molecule has 11 nitrogen and oxygen atoms in total. The predicted molar refractivity (Wildman–Crippen MR) is 139 cm³/mol. The summed E-state index contributed by atoms with van der Waals surface area (Å²) in [4.78, 5) is 55.3. The van der Waals surface area contributed by atoms with E-state index in [9.17, 15) is 34.3 Å². The number of ketones is 2. The van der Waals surface area contributed by atoms with Gasteiger partial charge in [0.15, 0.2) is 11.6 Å². The molecule has 0 radical (unpaired) electrons. The molecule has 5 N–H and O–H groups in total. The molecule has 0 aromatic heterocycles. The van der Waals surface area contributed by atoms with Crippen LogP contribution in [0, 0.1) is 28.6 Å². The molecule has 0 saturated heterocycles. The zero-order chi connectivity index (χ0) is 28.1. The molecule has 214 valence electrons. The minimum atomic E-state index is -4.58. The van der Waals surface area contributed by atoms with Gasteiger partial charge in [-0.05, 0) is 69.8 Å². The van der Waals surface area contributed by atoms with Gasteiger partial charge in [-0.2, -0.15) is 0 Å². The van der Waals surface area contributed by atoms with Gasteiger partial charge in [-0.3, -0.25) is 18.9 Å². The number of fused-ring (bicyclic) bond motifs is 5. The Hall–Kier alpha value is -0.720. The van der Waals surface area contributed by atoms with Crippen LogP contribution >= 0.6 is 7.82 Å². The van der Waals surface area contributed by atoms with E-state index >= 15 is 0 Å². The number of unbranched alkanes of at least 4 members (excludes halogenated alkanes) is 1. The number of aliphatic hydroxyl groups is 3. The second kappa shape index (κ2) is 11.9. The van der Waals surface area contributed by atoms with E-state index in [1.807, 2.05) is 13.8 Å². The molecule has 4 aliphatic carbocycles. The molecular weight excluding hydrogens is 542 g/mol. The van der Waals surface area contributed by atoms with E-state index in [0.29, 0.717) is 19.3 Å². The number of carbonyl (C=O) groups is 3. The van der Waals surface area contributed by atoms with Gasteiger partial charge in [0.1, 0.15) is 18.0 Å². The van der Waals surface area contributed by atoms with Crippen LogP contribution in [0.3, 0.4) is 0 Å². The van der Waals surface area contributed by atoms with Gasteiger partial charge in [0, 0.05) is 23.8 Å². The summed E-state index contributed by atoms with van der Waals surface area (Å²) in [5.74, 6) is -2.05. The molecule has 0 aromatic rings. The van der Waals surface area contributed by atoms with Crippen LogP contribution in [0.4, 0.5) is 0 Å². The zero-order valence-corrected chi connectivity index (χ0v) is 22.6. The summed E-state index contributed by atoms with van der Waals surface area (Å²) >= 11 is 0. The molecule has 3 saturated carbocycles. The van der Waals surface area contributed by atoms with E-state index in [1.54, 1.807) is 0 Å². The second-order valence-electron chi connectivity index (χ2n) is 11.5. The van der Waals surface area contributed by atoms with E-state index in [-0.39, 0.29) is 91.6 Å². The first-order valence-corrected chi connectivity index (χ1v) is 14.6. The van der Waals surface area contributed by atoms with Gasteiger partial charge >= 0.3 is 43.3 Å². The van der Waals surface area contributed by atoms with Crippen molar-refractivity contribution in [3.8, 4) is 0 Å². The summed E-state index contributed by atoms with van der Waals surface area (Å²) in [6.07, 6.45) is 4.32. The van der Waals surface area contributed by atoms with E-state index in [4.69, 9.17) is 14.5 Å². The number of phosphoric acid groups is 1. The first-order chi connectivity index (χ1) is 17.7. The fourth-order valence-electron chi connectivity index (χ4n) is 7.86. The normalized spacial score (nSPS) is 37.5. The number of hydrogen-bond donors (Lipinski definition) is 5. The molecule has 0 aromatic carbocycles. The molecular formula is C26H38NaO11P. The molecule has 7 atom stereocenters. The molecule has 0 amide bonds. The van der Waals surface area contributed by atoms with Gasteiger partial charge in [0.05, 0.1) is 18.1 Å². The summed E-state index contributed by atoms with van der Waals surface area (Å²) in [6.45, 7) is 2.68. The van der Waals surface area contributed by atoms with Crippen molar-refractivity contribution in [2.75, 3.05) is 13.2 Å². The average Bonchev–Trinajstić information content (AvgIpc) is 3.09. The number of Topliss-reactive ketones (excluding diaryl/α,β-unsaturated/α-hetero) is 1. The average molecular weight is 581 g/mol. The molecule has 0 unspecified atom stereocenters. The minimum absolute atomic E-state index is 0. The number of aliphatic hydroxyl groups excluding tert-OH is 2. The van der Waals surface area contributed by atoms with Crippen molar-refractivity contribution in [3.05, 3.63) is 23.5 Å². The first kappa shape index (κ1) is 32.8. The van der Waals surface area contributed by atoms with Crippen LogP contribution in [0.15, 0.2) is 23.5 Å². The molecule has 0 spiro atoms. The van der Waals surface area contributed by atoms with Crippen molar-refractivity contribution in [3.63, 3.8) is 0 Å². The van der Waals surface area contributed by atoms with Crippen molar-refractivity contribution in [1.29, 1.82) is 0 Å². The van der Waals surface area contributed by atoms with Crippen molar-refractivity contribution in [1.82, 2.24) is 0 Å². The van der Waals surface area contributed by atoms with E-state index in [0.717, 1.165) is 5.57 Å². The summed E-state index contributed by atoms with van der Waals surface area (Å²) in [5.41, 5.74) is -2.83. The van der Waals surface area contributed by atoms with Crippen LogP contribution in [0.2, 0.25) is 0 Å². The van der Waals surface area contributed by atoms with Gasteiger partial charge in [0.25, 0.3) is 0 Å². The number of rotatable bonds is 9. The SMILES string of the molecule is C[C@@]12C(=CC(=O)C=C1OC(=O)CCCCOP(=O)(O)O)CC[C@@H]1[C@@H]2[C@@H](O)C[C@@]2(C)[C@H]1CC[C@]2(O)C(=O)CO.[NaH]. The van der Waals surface area contributed by atoms with Crippen LogP contribution in [-0.2, 0) is 28.2 Å². The Morgan fingerprint density at radius 1 is 1.15 bits per heavy atom. The topological polar surface area (TPSA) is 188 Å². The van der Waals surface area contributed by atoms with Gasteiger partial charge in [-0.15, -0.1) is 0 Å². The van der Waals surface area contributed by atoms with Crippen molar-refractivity contribution < 1.29 is 53.3 Å². The first-order valence-electron chi connectivity index (χ1n) is 13.1. The third-order valence-electron chi connectivity index (χ3n) is 9.65. The van der Waals surface area contributed by atoms with E-state index in [1.165, 1.54) is 12.2 Å². The maximum atomic E-state index is 12.7. The third-order valence-corrected chi connectivity index (χ3v) is 10.2. The van der Waals surface area contributed by atoms with Crippen molar-refractivity contribution in [2.24, 2.45) is 28.6 Å². The van der Waals surface area contributed by atoms with E-state index < -0.39 is 54.6 Å². The Morgan fingerprint density at radius 2 is 1.85 bits per heavy atom. The summed E-state index contributed by atoms with van der Waals surface area (Å²) in [7, 11) is -4.58. The van der Waals surface area contributed by atoms with Gasteiger partial charge in [0.2, 0.25) is 0 Å². The Bertz CT molecular complexity index is 1120. The zero-order valence-electron chi connectivity index (χ0n) is 21.7. The molecule has 4 aliphatic rings. The standard InChI is InChI=1S/C26H37O11P.Na.H/c1-24-13-19(29)23-17(18(24)8-9-26(24,32)20(30)14-27)7-6-15-11-16(28)12-21(25(15,23)2)37-22(31)5-3-4-10-36-38(33,34)35;;/h11-12,17-19,23,27,29,32H,3-10,13-14H2,1-2H3,(H2,33,34,35);;/t17-,18-,19-,23+,24-,25+,26-;;/m0../s1. The fraction of sp³-hybridized carbons (Fsp3) is 0.731. The number of hydrogen-bond acceptors (Lipinski definition) is 9. The Kier molecular flexibility index (Phi) is 9.98. The summed E-state index contributed by atoms with van der Waals surface area (Å²) < 4.78 is 20.9. The Morgan fingerprint density at radius 3 is 2.49 bits per heavy atom. The monoisotopic (exact) mass is 580 g/mol. The number of allylic oxidation sites excluding steroid dienone is 3. The predicted octanol–water partition coefficient (Wildman–Crippen LogP) is 1.06. The van der Waals surface area contributed by atoms with Crippen molar-refractivity contribution >= 4 is 54.9 Å². The molecule has 39 heavy (non-hydrogen) atoms. The maximum absolute atomic E-state index is 12.7. The van der Waals surface area contributed by atoms with Crippen LogP contribution in [0.5, 0.6) is 0 Å². The number of carbonyl (C=O) groups excluding carboxylic acids is 3. The van der Waals surface area contributed by atoms with Gasteiger partial charge in [-0.25, -0.2) is 4.57 Å². The third kappa shape index (κ3) is 5.82. The number of ether oxygens (including phenoxy) is 1. The summed E-state index contributed by atoms with van der Waals surface area (Å²) in [6, 6.07) is 0. The van der Waals surface area contributed by atoms with E-state index in [2.05, 4.69) is 4.52 Å². The van der Waals surface area contributed by atoms with Crippen LogP contribution < -0.4 is 0 Å². The summed E-state index contributed by atoms with van der Waals surface area (Å²) in [5, 5.41) is 32.4. The molecule has 0 aliphatic heterocycles. The Balaban J connectivity index is 0.00000420. The van der Waals surface area contributed by atoms with Gasteiger partial charge < -0.3 is 29.8 Å². The molecule has 4 rings (SSSR count). The van der Waals surface area contributed by atoms with Crippen LogP contribution in [-0.4, -0.2) is 97.1 Å². The second-order valence-corrected chi connectivity index (χ2v) is 12.8. The molecule has 0 bridgehead atoms. The van der Waals surface area contributed by atoms with Crippen LogP contribution in [0.25, 0.3) is 0 Å². The number of esters is 1. The molecule has 13 heteroatoms.